The Labute approximate surface area is 123 Å². The molecule has 0 heterocycles. The topological polar surface area (TPSA) is 9.23 Å². The van der Waals surface area contributed by atoms with Crippen LogP contribution in [-0.2, 0) is 5.88 Å². The molecule has 0 unspecified atom stereocenters. The predicted molar refractivity (Wildman–Crippen MR) is 73.1 cm³/mol. The molecule has 0 radical (unpaired) electrons. The first-order chi connectivity index (χ1) is 9.39. The summed E-state index contributed by atoms with van der Waals surface area (Å²) in [5, 5.41) is 0.403. The molecule has 0 N–H and O–H groups in total. The molecule has 0 bridgehead atoms. The highest BCUT2D eigenvalue weighted by molar-refractivity contribution is 6.31. The SMILES string of the molecule is FC(F)(F)Oc1ccccc1-c1cc(Cl)cc(CCl)c1. The molecule has 0 fully saturated rings. The molecule has 0 amide bonds. The Balaban J connectivity index is 2.50. The minimum Gasteiger partial charge on any atom is -0.405 e. The van der Waals surface area contributed by atoms with Crippen molar-refractivity contribution in [3.05, 3.63) is 53.1 Å². The highest BCUT2D eigenvalue weighted by Gasteiger charge is 2.32. The van der Waals surface area contributed by atoms with Gasteiger partial charge >= 0.3 is 6.36 Å². The lowest BCUT2D eigenvalue weighted by Crippen LogP contribution is -2.17. The van der Waals surface area contributed by atoms with Gasteiger partial charge in [-0.2, -0.15) is 0 Å². The standard InChI is InChI=1S/C14H9Cl2F3O/c15-8-9-5-10(7-11(16)6-9)12-3-1-2-4-13(12)20-14(17,18)19/h1-7H,8H2. The highest BCUT2D eigenvalue weighted by Crippen LogP contribution is 2.35. The minimum absolute atomic E-state index is 0.218. The van der Waals surface area contributed by atoms with E-state index in [-0.39, 0.29) is 11.6 Å². The van der Waals surface area contributed by atoms with Crippen LogP contribution in [0.3, 0.4) is 0 Å². The van der Waals surface area contributed by atoms with Gasteiger partial charge in [-0.25, -0.2) is 0 Å². The van der Waals surface area contributed by atoms with Crippen molar-refractivity contribution < 1.29 is 17.9 Å². The van der Waals surface area contributed by atoms with E-state index >= 15 is 0 Å². The van der Waals surface area contributed by atoms with Gasteiger partial charge in [0.1, 0.15) is 5.75 Å². The molecule has 0 aliphatic carbocycles. The van der Waals surface area contributed by atoms with Gasteiger partial charge in [0.2, 0.25) is 0 Å². The van der Waals surface area contributed by atoms with E-state index in [2.05, 4.69) is 4.74 Å². The second-order valence-corrected chi connectivity index (χ2v) is 4.73. The third kappa shape index (κ3) is 3.81. The zero-order valence-electron chi connectivity index (χ0n) is 10.0. The van der Waals surface area contributed by atoms with Crippen molar-refractivity contribution in [2.75, 3.05) is 0 Å². The van der Waals surface area contributed by atoms with Crippen molar-refractivity contribution in [3.63, 3.8) is 0 Å². The van der Waals surface area contributed by atoms with Crippen LogP contribution >= 0.6 is 23.2 Å². The van der Waals surface area contributed by atoms with E-state index in [1.54, 1.807) is 24.3 Å². The number of halogens is 5. The summed E-state index contributed by atoms with van der Waals surface area (Å²) in [7, 11) is 0. The van der Waals surface area contributed by atoms with Crippen LogP contribution in [0.15, 0.2) is 42.5 Å². The van der Waals surface area contributed by atoms with E-state index in [1.807, 2.05) is 0 Å². The molecule has 2 rings (SSSR count). The zero-order chi connectivity index (χ0) is 14.8. The fourth-order valence-electron chi connectivity index (χ4n) is 1.80. The van der Waals surface area contributed by atoms with Crippen molar-refractivity contribution in [3.8, 4) is 16.9 Å². The number of hydrogen-bond acceptors (Lipinski definition) is 1. The van der Waals surface area contributed by atoms with Gasteiger partial charge in [-0.1, -0.05) is 29.8 Å². The normalized spacial score (nSPS) is 11.4. The molecule has 0 saturated carbocycles. The maximum Gasteiger partial charge on any atom is 0.573 e. The molecule has 0 aliphatic heterocycles. The molecule has 0 atom stereocenters. The molecule has 6 heteroatoms. The van der Waals surface area contributed by atoms with Gasteiger partial charge in [-0.3, -0.25) is 0 Å². The van der Waals surface area contributed by atoms with Crippen molar-refractivity contribution >= 4 is 23.2 Å². The van der Waals surface area contributed by atoms with Gasteiger partial charge in [0, 0.05) is 16.5 Å². The second kappa shape index (κ2) is 5.94. The predicted octanol–water partition coefficient (Wildman–Crippen LogP) is 5.64. The van der Waals surface area contributed by atoms with Crippen molar-refractivity contribution in [2.45, 2.75) is 12.2 Å². The van der Waals surface area contributed by atoms with Crippen LogP contribution < -0.4 is 4.74 Å². The molecule has 0 aromatic heterocycles. The molecule has 106 valence electrons. The smallest absolute Gasteiger partial charge is 0.405 e. The average molecular weight is 321 g/mol. The van der Waals surface area contributed by atoms with E-state index in [4.69, 9.17) is 23.2 Å². The highest BCUT2D eigenvalue weighted by atomic mass is 35.5. The quantitative estimate of drug-likeness (QED) is 0.664. The first-order valence-corrected chi connectivity index (χ1v) is 6.51. The van der Waals surface area contributed by atoms with E-state index in [1.165, 1.54) is 18.2 Å². The van der Waals surface area contributed by atoms with Crippen LogP contribution in [0.5, 0.6) is 5.75 Å². The first-order valence-electron chi connectivity index (χ1n) is 5.59. The van der Waals surface area contributed by atoms with E-state index in [0.717, 1.165) is 5.56 Å². The Morgan fingerprint density at radius 1 is 1.05 bits per heavy atom. The van der Waals surface area contributed by atoms with E-state index in [0.29, 0.717) is 16.1 Å². The fraction of sp³-hybridized carbons (Fsp3) is 0.143. The Morgan fingerprint density at radius 2 is 1.75 bits per heavy atom. The maximum absolute atomic E-state index is 12.4. The lowest BCUT2D eigenvalue weighted by atomic mass is 10.0. The second-order valence-electron chi connectivity index (χ2n) is 4.03. The summed E-state index contributed by atoms with van der Waals surface area (Å²) < 4.78 is 41.2. The molecule has 20 heavy (non-hydrogen) atoms. The van der Waals surface area contributed by atoms with E-state index in [9.17, 15) is 13.2 Å². The van der Waals surface area contributed by atoms with Crippen LogP contribution in [0.2, 0.25) is 5.02 Å². The molecule has 0 aliphatic rings. The molecule has 2 aromatic carbocycles. The number of hydrogen-bond donors (Lipinski definition) is 0. The number of benzene rings is 2. The lowest BCUT2D eigenvalue weighted by molar-refractivity contribution is -0.274. The molecule has 1 nitrogen and oxygen atoms in total. The number of alkyl halides is 4. The van der Waals surface area contributed by atoms with Gasteiger partial charge in [0.15, 0.2) is 0 Å². The van der Waals surface area contributed by atoms with Gasteiger partial charge in [0.25, 0.3) is 0 Å². The summed E-state index contributed by atoms with van der Waals surface area (Å²) in [4.78, 5) is 0. The fourth-order valence-corrected chi connectivity index (χ4v) is 2.21. The van der Waals surface area contributed by atoms with Crippen LogP contribution in [0, 0.1) is 0 Å². The number of ether oxygens (including phenoxy) is 1. The van der Waals surface area contributed by atoms with Gasteiger partial charge in [-0.15, -0.1) is 24.8 Å². The summed E-state index contributed by atoms with van der Waals surface area (Å²) in [6, 6.07) is 10.8. The molecular formula is C14H9Cl2F3O. The molecule has 2 aromatic rings. The van der Waals surface area contributed by atoms with Crippen molar-refractivity contribution in [2.24, 2.45) is 0 Å². The van der Waals surface area contributed by atoms with Crippen LogP contribution in [0.4, 0.5) is 13.2 Å². The monoisotopic (exact) mass is 320 g/mol. The summed E-state index contributed by atoms with van der Waals surface area (Å²) in [6.07, 6.45) is -4.75. The molecule has 0 saturated heterocycles. The summed E-state index contributed by atoms with van der Waals surface area (Å²) in [5.41, 5.74) is 1.54. The molecular weight excluding hydrogens is 312 g/mol. The van der Waals surface area contributed by atoms with Gasteiger partial charge in [0.05, 0.1) is 0 Å². The minimum atomic E-state index is -4.75. The summed E-state index contributed by atoms with van der Waals surface area (Å²) in [5.74, 6) is -0.0571. The Hall–Kier alpha value is -1.39. The zero-order valence-corrected chi connectivity index (χ0v) is 11.6. The van der Waals surface area contributed by atoms with Crippen LogP contribution in [0.1, 0.15) is 5.56 Å². The Morgan fingerprint density at radius 3 is 2.40 bits per heavy atom. The third-order valence-electron chi connectivity index (χ3n) is 2.54. The van der Waals surface area contributed by atoms with Crippen molar-refractivity contribution in [1.29, 1.82) is 0 Å². The maximum atomic E-state index is 12.4. The first kappa shape index (κ1) is 15.0. The van der Waals surface area contributed by atoms with Gasteiger partial charge < -0.3 is 4.74 Å². The summed E-state index contributed by atoms with van der Waals surface area (Å²) >= 11 is 11.7. The number of rotatable bonds is 3. The largest absolute Gasteiger partial charge is 0.573 e. The third-order valence-corrected chi connectivity index (χ3v) is 3.06. The molecule has 0 spiro atoms. The average Bonchev–Trinajstić information content (AvgIpc) is 2.36. The number of para-hydroxylation sites is 1. The summed E-state index contributed by atoms with van der Waals surface area (Å²) in [6.45, 7) is 0. The van der Waals surface area contributed by atoms with Crippen LogP contribution in [0.25, 0.3) is 11.1 Å². The van der Waals surface area contributed by atoms with E-state index < -0.39 is 6.36 Å². The Bertz CT molecular complexity index is 612. The lowest BCUT2D eigenvalue weighted by Gasteiger charge is -2.14. The Kier molecular flexibility index (Phi) is 4.45. The van der Waals surface area contributed by atoms with Gasteiger partial charge in [-0.05, 0) is 35.4 Å². The van der Waals surface area contributed by atoms with Crippen LogP contribution in [-0.4, -0.2) is 6.36 Å². The van der Waals surface area contributed by atoms with Crippen molar-refractivity contribution in [1.82, 2.24) is 0 Å².